The molecule has 1 rings (SSSR count). The van der Waals surface area contributed by atoms with E-state index in [-0.39, 0.29) is 12.2 Å². The van der Waals surface area contributed by atoms with Crippen LogP contribution in [0.3, 0.4) is 0 Å². The van der Waals surface area contributed by atoms with Crippen LogP contribution in [0.1, 0.15) is 38.7 Å². The normalized spacial score (nSPS) is 14.8. The maximum Gasteiger partial charge on any atom is 0.326 e. The predicted molar refractivity (Wildman–Crippen MR) is 127 cm³/mol. The van der Waals surface area contributed by atoms with Gasteiger partial charge >= 0.3 is 17.9 Å². The molecule has 0 spiro atoms. The lowest BCUT2D eigenvalue weighted by molar-refractivity contribution is -0.143. The molecule has 5 atom stereocenters. The number of carbonyl (C=O) groups excluding carboxylic acids is 3. The minimum Gasteiger partial charge on any atom is -0.508 e. The Morgan fingerprint density at radius 3 is 1.84 bits per heavy atom. The molecule has 9 N–H and O–H groups in total. The smallest absolute Gasteiger partial charge is 0.326 e. The second-order valence-corrected chi connectivity index (χ2v) is 8.51. The maximum atomic E-state index is 13.0. The zero-order chi connectivity index (χ0) is 28.3. The van der Waals surface area contributed by atoms with E-state index < -0.39 is 78.6 Å². The molecular formula is C23H32N4O10. The molecule has 0 heterocycles. The Balaban J connectivity index is 3.05. The van der Waals surface area contributed by atoms with Gasteiger partial charge in [0.05, 0.1) is 18.9 Å². The SMILES string of the molecule is CCC(C)C(NC(=O)C(CC(=O)O)NC(=O)C(N)CC(=O)O)C(=O)NC(Cc1ccc(O)cc1)C(=O)O. The van der Waals surface area contributed by atoms with Gasteiger partial charge in [-0.1, -0.05) is 32.4 Å². The number of aromatic hydroxyl groups is 1. The highest BCUT2D eigenvalue weighted by Crippen LogP contribution is 2.13. The minimum absolute atomic E-state index is 0.0221. The number of carboxylic acid groups (broad SMARTS) is 3. The molecular weight excluding hydrogens is 492 g/mol. The summed E-state index contributed by atoms with van der Waals surface area (Å²) in [5, 5.41) is 43.7. The summed E-state index contributed by atoms with van der Waals surface area (Å²) in [5.74, 6) is -7.71. The highest BCUT2D eigenvalue weighted by Gasteiger charge is 2.33. The van der Waals surface area contributed by atoms with Gasteiger partial charge in [0.2, 0.25) is 17.7 Å². The fraction of sp³-hybridized carbons (Fsp3) is 0.478. The Kier molecular flexibility index (Phi) is 12.0. The number of phenolic OH excluding ortho intramolecular Hbond substituents is 1. The number of carbonyl (C=O) groups is 6. The van der Waals surface area contributed by atoms with E-state index in [1.54, 1.807) is 13.8 Å². The number of rotatable bonds is 15. The zero-order valence-corrected chi connectivity index (χ0v) is 20.3. The Labute approximate surface area is 212 Å². The van der Waals surface area contributed by atoms with Gasteiger partial charge in [-0.3, -0.25) is 24.0 Å². The Morgan fingerprint density at radius 2 is 1.35 bits per heavy atom. The quantitative estimate of drug-likeness (QED) is 0.135. The van der Waals surface area contributed by atoms with E-state index in [0.717, 1.165) is 0 Å². The Morgan fingerprint density at radius 1 is 0.811 bits per heavy atom. The Bertz CT molecular complexity index is 998. The van der Waals surface area contributed by atoms with Gasteiger partial charge in [-0.05, 0) is 23.6 Å². The third-order valence-electron chi connectivity index (χ3n) is 5.53. The van der Waals surface area contributed by atoms with Crippen LogP contribution >= 0.6 is 0 Å². The van der Waals surface area contributed by atoms with Crippen molar-refractivity contribution in [1.82, 2.24) is 16.0 Å². The van der Waals surface area contributed by atoms with Crippen LogP contribution in [0.2, 0.25) is 0 Å². The molecule has 0 aliphatic carbocycles. The molecule has 14 heteroatoms. The van der Waals surface area contributed by atoms with E-state index in [9.17, 15) is 39.0 Å². The van der Waals surface area contributed by atoms with Crippen molar-refractivity contribution in [1.29, 1.82) is 0 Å². The number of amides is 3. The first kappa shape index (κ1) is 30.8. The first-order valence-electron chi connectivity index (χ1n) is 11.4. The first-order valence-corrected chi connectivity index (χ1v) is 11.4. The molecule has 0 fully saturated rings. The number of nitrogens with two attached hydrogens (primary N) is 1. The molecule has 0 aromatic heterocycles. The molecule has 5 unspecified atom stereocenters. The summed E-state index contributed by atoms with van der Waals surface area (Å²) in [6.07, 6.45) is -1.40. The van der Waals surface area contributed by atoms with E-state index in [1.165, 1.54) is 24.3 Å². The topological polar surface area (TPSA) is 245 Å². The number of hydrogen-bond acceptors (Lipinski definition) is 8. The van der Waals surface area contributed by atoms with Crippen LogP contribution < -0.4 is 21.7 Å². The summed E-state index contributed by atoms with van der Waals surface area (Å²) in [5.41, 5.74) is 5.98. The second kappa shape index (κ2) is 14.4. The van der Waals surface area contributed by atoms with E-state index in [2.05, 4.69) is 16.0 Å². The van der Waals surface area contributed by atoms with Crippen molar-refractivity contribution in [3.05, 3.63) is 29.8 Å². The van der Waals surface area contributed by atoms with Crippen molar-refractivity contribution in [2.45, 2.75) is 63.7 Å². The van der Waals surface area contributed by atoms with Crippen LogP contribution in [-0.4, -0.2) is 80.2 Å². The molecule has 0 bridgehead atoms. The van der Waals surface area contributed by atoms with Gasteiger partial charge in [-0.2, -0.15) is 0 Å². The van der Waals surface area contributed by atoms with Crippen LogP contribution in [0.15, 0.2) is 24.3 Å². The molecule has 1 aromatic rings. The second-order valence-electron chi connectivity index (χ2n) is 8.51. The number of benzene rings is 1. The number of phenols is 1. The van der Waals surface area contributed by atoms with Crippen molar-refractivity contribution in [3.8, 4) is 5.75 Å². The van der Waals surface area contributed by atoms with Crippen molar-refractivity contribution in [3.63, 3.8) is 0 Å². The van der Waals surface area contributed by atoms with Gasteiger partial charge in [-0.25, -0.2) is 4.79 Å². The summed E-state index contributed by atoms with van der Waals surface area (Å²) >= 11 is 0. The minimum atomic E-state index is -1.68. The van der Waals surface area contributed by atoms with E-state index in [1.807, 2.05) is 0 Å². The van der Waals surface area contributed by atoms with Crippen LogP contribution in [-0.2, 0) is 35.2 Å². The Hall–Kier alpha value is -4.20. The summed E-state index contributed by atoms with van der Waals surface area (Å²) in [6.45, 7) is 3.32. The average molecular weight is 525 g/mol. The van der Waals surface area contributed by atoms with Gasteiger partial charge in [0.1, 0.15) is 23.9 Å². The highest BCUT2D eigenvalue weighted by atomic mass is 16.4. The van der Waals surface area contributed by atoms with Gasteiger partial charge in [0, 0.05) is 6.42 Å². The van der Waals surface area contributed by atoms with Gasteiger partial charge in [-0.15, -0.1) is 0 Å². The summed E-state index contributed by atoms with van der Waals surface area (Å²) in [7, 11) is 0. The number of aliphatic carboxylic acids is 3. The molecule has 0 saturated heterocycles. The molecule has 0 saturated carbocycles. The molecule has 0 aliphatic rings. The molecule has 1 aromatic carbocycles. The van der Waals surface area contributed by atoms with E-state index in [0.29, 0.717) is 12.0 Å². The van der Waals surface area contributed by atoms with Gasteiger partial charge in [0.15, 0.2) is 0 Å². The van der Waals surface area contributed by atoms with Crippen LogP contribution in [0, 0.1) is 5.92 Å². The van der Waals surface area contributed by atoms with Crippen LogP contribution in [0.5, 0.6) is 5.75 Å². The number of hydrogen-bond donors (Lipinski definition) is 8. The lowest BCUT2D eigenvalue weighted by Crippen LogP contribution is -2.59. The standard InChI is InChI=1S/C23H32N4O10/c1-3-11(2)19(22(35)26-16(23(36)37)8-12-4-6-13(28)7-5-12)27-21(34)15(10-18(31)32)25-20(33)14(24)9-17(29)30/h4-7,11,14-16,19,28H,3,8-10,24H2,1-2H3,(H,25,33)(H,26,35)(H,27,34)(H,29,30)(H,31,32)(H,36,37). The maximum absolute atomic E-state index is 13.0. The fourth-order valence-corrected chi connectivity index (χ4v) is 3.23. The number of nitrogens with one attached hydrogen (secondary N) is 3. The van der Waals surface area contributed by atoms with Crippen LogP contribution in [0.25, 0.3) is 0 Å². The first-order chi connectivity index (χ1) is 17.2. The fourth-order valence-electron chi connectivity index (χ4n) is 3.23. The lowest BCUT2D eigenvalue weighted by Gasteiger charge is -2.27. The van der Waals surface area contributed by atoms with Crippen molar-refractivity contribution in [2.24, 2.45) is 11.7 Å². The van der Waals surface area contributed by atoms with Crippen molar-refractivity contribution < 1.29 is 49.2 Å². The van der Waals surface area contributed by atoms with Crippen molar-refractivity contribution >= 4 is 35.6 Å². The van der Waals surface area contributed by atoms with E-state index >= 15 is 0 Å². The number of carboxylic acids is 3. The molecule has 0 aliphatic heterocycles. The van der Waals surface area contributed by atoms with E-state index in [4.69, 9.17) is 15.9 Å². The summed E-state index contributed by atoms with van der Waals surface area (Å²) < 4.78 is 0. The third-order valence-corrected chi connectivity index (χ3v) is 5.53. The molecule has 3 amide bonds. The lowest BCUT2D eigenvalue weighted by atomic mass is 9.96. The monoisotopic (exact) mass is 524 g/mol. The average Bonchev–Trinajstić information content (AvgIpc) is 2.81. The third kappa shape index (κ3) is 10.5. The molecule has 204 valence electrons. The highest BCUT2D eigenvalue weighted by molar-refractivity contribution is 5.96. The largest absolute Gasteiger partial charge is 0.508 e. The predicted octanol–water partition coefficient (Wildman–Crippen LogP) is -1.20. The van der Waals surface area contributed by atoms with Gasteiger partial charge < -0.3 is 42.1 Å². The van der Waals surface area contributed by atoms with Crippen molar-refractivity contribution in [2.75, 3.05) is 0 Å². The van der Waals surface area contributed by atoms with Gasteiger partial charge in [0.25, 0.3) is 0 Å². The summed E-state index contributed by atoms with van der Waals surface area (Å²) in [4.78, 5) is 71.8. The zero-order valence-electron chi connectivity index (χ0n) is 20.3. The molecule has 14 nitrogen and oxygen atoms in total. The summed E-state index contributed by atoms with van der Waals surface area (Å²) in [6, 6.07) is -0.221. The molecule has 0 radical (unpaired) electrons. The van der Waals surface area contributed by atoms with Crippen LogP contribution in [0.4, 0.5) is 0 Å². The molecule has 37 heavy (non-hydrogen) atoms.